The molecule has 1 N–H and O–H groups in total. The summed E-state index contributed by atoms with van der Waals surface area (Å²) in [4.78, 5) is 29.7. The lowest BCUT2D eigenvalue weighted by molar-refractivity contribution is -0.136. The van der Waals surface area contributed by atoms with Crippen LogP contribution in [-0.2, 0) is 4.79 Å². The Hall–Kier alpha value is -1.88. The van der Waals surface area contributed by atoms with Gasteiger partial charge in [-0.3, -0.25) is 9.59 Å². The van der Waals surface area contributed by atoms with Gasteiger partial charge in [-0.2, -0.15) is 0 Å². The van der Waals surface area contributed by atoms with Crippen molar-refractivity contribution >= 4 is 11.8 Å². The molecule has 2 aliphatic heterocycles. The molecule has 0 radical (unpaired) electrons. The van der Waals surface area contributed by atoms with Crippen molar-refractivity contribution in [2.45, 2.75) is 33.1 Å². The highest BCUT2D eigenvalue weighted by Crippen LogP contribution is 2.24. The van der Waals surface area contributed by atoms with E-state index in [0.29, 0.717) is 12.5 Å². The van der Waals surface area contributed by atoms with Gasteiger partial charge < -0.3 is 15.1 Å². The molecule has 5 nitrogen and oxygen atoms in total. The lowest BCUT2D eigenvalue weighted by Gasteiger charge is -2.34. The molecular weight excluding hydrogens is 326 g/mol. The second-order valence-corrected chi connectivity index (χ2v) is 7.96. The van der Waals surface area contributed by atoms with Gasteiger partial charge in [-0.25, -0.2) is 0 Å². The molecule has 0 bridgehead atoms. The van der Waals surface area contributed by atoms with E-state index in [-0.39, 0.29) is 17.7 Å². The molecule has 1 aromatic rings. The smallest absolute Gasteiger partial charge is 0.253 e. The number of benzene rings is 1. The molecule has 2 amide bonds. The van der Waals surface area contributed by atoms with Gasteiger partial charge in [0.1, 0.15) is 0 Å². The quantitative estimate of drug-likeness (QED) is 0.899. The average molecular weight is 357 g/mol. The van der Waals surface area contributed by atoms with Gasteiger partial charge in [0.25, 0.3) is 5.91 Å². The fourth-order valence-corrected chi connectivity index (χ4v) is 4.39. The van der Waals surface area contributed by atoms with Crippen molar-refractivity contribution in [1.29, 1.82) is 0 Å². The van der Waals surface area contributed by atoms with Gasteiger partial charge in [-0.05, 0) is 64.8 Å². The van der Waals surface area contributed by atoms with E-state index in [2.05, 4.69) is 11.4 Å². The van der Waals surface area contributed by atoms with Crippen molar-refractivity contribution in [3.05, 3.63) is 34.9 Å². The van der Waals surface area contributed by atoms with Crippen molar-refractivity contribution < 1.29 is 9.59 Å². The van der Waals surface area contributed by atoms with Gasteiger partial charge in [-0.1, -0.05) is 17.2 Å². The standard InChI is InChI=1S/C21H31N3O2/c1-15-9-16(2)11-19(10-15)21(26)23-7-4-5-18(14-23)20(25)24-8-6-17(13-24)12-22-3/h9-11,17-18,22H,4-8,12-14H2,1-3H3. The molecule has 142 valence electrons. The van der Waals surface area contributed by atoms with Crippen LogP contribution in [0.4, 0.5) is 0 Å². The van der Waals surface area contributed by atoms with E-state index in [1.54, 1.807) is 0 Å². The summed E-state index contributed by atoms with van der Waals surface area (Å²) in [6, 6.07) is 5.97. The molecule has 2 atom stereocenters. The maximum atomic E-state index is 12.9. The first-order chi connectivity index (χ1) is 12.5. The highest BCUT2D eigenvalue weighted by atomic mass is 16.2. The highest BCUT2D eigenvalue weighted by molar-refractivity contribution is 5.95. The van der Waals surface area contributed by atoms with Gasteiger partial charge in [0.05, 0.1) is 5.92 Å². The molecule has 2 fully saturated rings. The number of carbonyl (C=O) groups is 2. The van der Waals surface area contributed by atoms with Crippen LogP contribution in [-0.4, -0.2) is 61.4 Å². The van der Waals surface area contributed by atoms with Gasteiger partial charge in [0, 0.05) is 31.7 Å². The molecule has 1 aromatic carbocycles. The van der Waals surface area contributed by atoms with Crippen LogP contribution in [0.5, 0.6) is 0 Å². The minimum absolute atomic E-state index is 0.0491. The Kier molecular flexibility index (Phi) is 5.97. The Morgan fingerprint density at radius 3 is 2.46 bits per heavy atom. The van der Waals surface area contributed by atoms with Crippen LogP contribution < -0.4 is 5.32 Å². The number of likely N-dealkylation sites (tertiary alicyclic amines) is 2. The zero-order valence-electron chi connectivity index (χ0n) is 16.3. The van der Waals surface area contributed by atoms with Crippen LogP contribution in [0.25, 0.3) is 0 Å². The minimum Gasteiger partial charge on any atom is -0.342 e. The van der Waals surface area contributed by atoms with E-state index in [0.717, 1.165) is 62.1 Å². The number of hydrogen-bond acceptors (Lipinski definition) is 3. The third-order valence-corrected chi connectivity index (χ3v) is 5.62. The van der Waals surface area contributed by atoms with Crippen LogP contribution in [0.15, 0.2) is 18.2 Å². The van der Waals surface area contributed by atoms with Crippen molar-refractivity contribution in [1.82, 2.24) is 15.1 Å². The Morgan fingerprint density at radius 2 is 1.77 bits per heavy atom. The Labute approximate surface area is 156 Å². The molecule has 2 unspecified atom stereocenters. The van der Waals surface area contributed by atoms with Crippen LogP contribution >= 0.6 is 0 Å². The molecular formula is C21H31N3O2. The minimum atomic E-state index is -0.0491. The third-order valence-electron chi connectivity index (χ3n) is 5.62. The predicted octanol–water partition coefficient (Wildman–Crippen LogP) is 2.22. The molecule has 0 saturated carbocycles. The molecule has 0 aromatic heterocycles. The van der Waals surface area contributed by atoms with Crippen LogP contribution in [0.3, 0.4) is 0 Å². The molecule has 2 saturated heterocycles. The summed E-state index contributed by atoms with van der Waals surface area (Å²) in [5.41, 5.74) is 2.95. The summed E-state index contributed by atoms with van der Waals surface area (Å²) in [6.07, 6.45) is 2.87. The molecule has 0 aliphatic carbocycles. The molecule has 5 heteroatoms. The number of amides is 2. The van der Waals surface area contributed by atoms with Crippen LogP contribution in [0, 0.1) is 25.7 Å². The number of rotatable bonds is 4. The van der Waals surface area contributed by atoms with Crippen molar-refractivity contribution in [2.75, 3.05) is 39.8 Å². The van der Waals surface area contributed by atoms with Crippen molar-refractivity contribution in [3.8, 4) is 0 Å². The molecule has 2 heterocycles. The first kappa shape index (κ1) is 18.9. The first-order valence-corrected chi connectivity index (χ1v) is 9.79. The SMILES string of the molecule is CNCC1CCN(C(=O)C2CCCN(C(=O)c3cc(C)cc(C)c3)C2)C1. The van der Waals surface area contributed by atoms with E-state index < -0.39 is 0 Å². The summed E-state index contributed by atoms with van der Waals surface area (Å²) in [5, 5.41) is 3.21. The maximum Gasteiger partial charge on any atom is 0.253 e. The number of nitrogens with one attached hydrogen (secondary N) is 1. The molecule has 0 spiro atoms. The van der Waals surface area contributed by atoms with E-state index >= 15 is 0 Å². The zero-order valence-corrected chi connectivity index (χ0v) is 16.3. The Balaban J connectivity index is 1.63. The van der Waals surface area contributed by atoms with Gasteiger partial charge >= 0.3 is 0 Å². The van der Waals surface area contributed by atoms with Crippen molar-refractivity contribution in [3.63, 3.8) is 0 Å². The van der Waals surface area contributed by atoms with Crippen molar-refractivity contribution in [2.24, 2.45) is 11.8 Å². The number of piperidine rings is 1. The van der Waals surface area contributed by atoms with Gasteiger partial charge in [0.15, 0.2) is 0 Å². The monoisotopic (exact) mass is 357 g/mol. The van der Waals surface area contributed by atoms with Crippen LogP contribution in [0.1, 0.15) is 40.7 Å². The first-order valence-electron chi connectivity index (χ1n) is 9.79. The average Bonchev–Trinajstić information content (AvgIpc) is 3.08. The number of carbonyl (C=O) groups excluding carboxylic acids is 2. The lowest BCUT2D eigenvalue weighted by Crippen LogP contribution is -2.46. The zero-order chi connectivity index (χ0) is 18.7. The van der Waals surface area contributed by atoms with E-state index in [4.69, 9.17) is 0 Å². The lowest BCUT2D eigenvalue weighted by atomic mass is 9.95. The van der Waals surface area contributed by atoms with Crippen LogP contribution in [0.2, 0.25) is 0 Å². The molecule has 3 rings (SSSR count). The number of nitrogens with zero attached hydrogens (tertiary/aromatic N) is 2. The fourth-order valence-electron chi connectivity index (χ4n) is 4.39. The highest BCUT2D eigenvalue weighted by Gasteiger charge is 2.34. The number of hydrogen-bond donors (Lipinski definition) is 1. The van der Waals surface area contributed by atoms with Gasteiger partial charge in [0.2, 0.25) is 5.91 Å². The Morgan fingerprint density at radius 1 is 1.04 bits per heavy atom. The van der Waals surface area contributed by atoms with E-state index in [1.165, 1.54) is 0 Å². The summed E-state index contributed by atoms with van der Waals surface area (Å²) in [5.74, 6) is 0.804. The second-order valence-electron chi connectivity index (χ2n) is 7.96. The Bertz CT molecular complexity index is 653. The van der Waals surface area contributed by atoms with E-state index in [1.807, 2.05) is 42.8 Å². The number of aryl methyl sites for hydroxylation is 2. The maximum absolute atomic E-state index is 12.9. The normalized spacial score (nSPS) is 23.3. The third kappa shape index (κ3) is 4.26. The summed E-state index contributed by atoms with van der Waals surface area (Å²) >= 11 is 0. The second kappa shape index (κ2) is 8.21. The summed E-state index contributed by atoms with van der Waals surface area (Å²) in [7, 11) is 1.96. The largest absolute Gasteiger partial charge is 0.342 e. The fraction of sp³-hybridized carbons (Fsp3) is 0.619. The topological polar surface area (TPSA) is 52.7 Å². The van der Waals surface area contributed by atoms with E-state index in [9.17, 15) is 9.59 Å². The summed E-state index contributed by atoms with van der Waals surface area (Å²) < 4.78 is 0. The predicted molar refractivity (Wildman–Crippen MR) is 103 cm³/mol. The molecule has 2 aliphatic rings. The molecule has 26 heavy (non-hydrogen) atoms. The van der Waals surface area contributed by atoms with Gasteiger partial charge in [-0.15, -0.1) is 0 Å². The summed E-state index contributed by atoms with van der Waals surface area (Å²) in [6.45, 7) is 8.00.